The van der Waals surface area contributed by atoms with Crippen LogP contribution in [0.1, 0.15) is 6.42 Å². The lowest BCUT2D eigenvalue weighted by atomic mass is 10.3. The van der Waals surface area contributed by atoms with Crippen molar-refractivity contribution in [1.82, 2.24) is 0 Å². The molecule has 2 aliphatic carbocycles. The van der Waals surface area contributed by atoms with Crippen molar-refractivity contribution in [3.63, 3.8) is 0 Å². The van der Waals surface area contributed by atoms with Crippen LogP contribution in [0.4, 0.5) is 0 Å². The Hall–Kier alpha value is -1.22. The number of hydrogen-bond donors (Lipinski definition) is 0. The minimum Gasteiger partial charge on any atom is -0.124 e. The van der Waals surface area contributed by atoms with Gasteiger partial charge in [0.1, 0.15) is 0 Å². The van der Waals surface area contributed by atoms with Crippen molar-refractivity contribution in [1.29, 1.82) is 0 Å². The second-order valence-electron chi connectivity index (χ2n) is 1.99. The van der Waals surface area contributed by atoms with Crippen LogP contribution in [0.2, 0.25) is 0 Å². The molecule has 0 fully saturated rings. The number of terminal acetylenes is 1. The smallest absolute Gasteiger partial charge is 0.00258 e. The molecule has 2 bridgehead atoms. The summed E-state index contributed by atoms with van der Waals surface area (Å²) in [5.74, 6) is 0. The van der Waals surface area contributed by atoms with Gasteiger partial charge in [-0.3, -0.25) is 0 Å². The summed E-state index contributed by atoms with van der Waals surface area (Å²) in [6, 6.07) is 0. The molecule has 0 aromatic carbocycles. The zero-order chi connectivity index (χ0) is 6.69. The van der Waals surface area contributed by atoms with Gasteiger partial charge in [0.2, 0.25) is 0 Å². The van der Waals surface area contributed by atoms with E-state index >= 15 is 0 Å². The normalized spacial score (nSPS) is 18.0. The third kappa shape index (κ3) is 0.948. The lowest BCUT2D eigenvalue weighted by molar-refractivity contribution is 1.32. The molecule has 0 aromatic rings. The van der Waals surface area contributed by atoms with E-state index in [1.165, 1.54) is 17.6 Å². The predicted octanol–water partition coefficient (Wildman–Crippen LogP) is 2.06. The van der Waals surface area contributed by atoms with Crippen LogP contribution in [0.25, 0.3) is 0 Å². The van der Waals surface area contributed by atoms with Gasteiger partial charge >= 0.3 is 0 Å². The van der Waals surface area contributed by atoms with E-state index in [4.69, 9.17) is 0 Å². The van der Waals surface area contributed by atoms with E-state index in [2.05, 4.69) is 37.2 Å². The van der Waals surface area contributed by atoms with Crippen molar-refractivity contribution in [3.8, 4) is 12.8 Å². The van der Waals surface area contributed by atoms with Gasteiger partial charge in [-0.25, -0.2) is 0 Å². The van der Waals surface area contributed by atoms with Gasteiger partial charge in [-0.15, -0.1) is 12.8 Å². The van der Waals surface area contributed by atoms with Crippen LogP contribution >= 0.6 is 0 Å². The standard InChI is InChI=1S/C7H6.C2H2/c1-2-7-4-3-6(1)5-7;1-2/h1-4H,5H2;1-2H. The maximum Gasteiger partial charge on any atom is -0.00258 e. The van der Waals surface area contributed by atoms with E-state index < -0.39 is 0 Å². The van der Waals surface area contributed by atoms with E-state index in [0.717, 1.165) is 0 Å². The Morgan fingerprint density at radius 2 is 1.44 bits per heavy atom. The molecule has 0 amide bonds. The molecule has 44 valence electrons. The van der Waals surface area contributed by atoms with E-state index in [0.29, 0.717) is 0 Å². The van der Waals surface area contributed by atoms with Crippen molar-refractivity contribution in [3.05, 3.63) is 35.5 Å². The summed E-state index contributed by atoms with van der Waals surface area (Å²) in [7, 11) is 0. The van der Waals surface area contributed by atoms with Gasteiger partial charge in [-0.1, -0.05) is 24.3 Å². The van der Waals surface area contributed by atoms with Crippen LogP contribution in [0.3, 0.4) is 0 Å². The highest BCUT2D eigenvalue weighted by Gasteiger charge is 2.07. The Labute approximate surface area is 55.6 Å². The fraction of sp³-hybridized carbons (Fsp3) is 0.111. The van der Waals surface area contributed by atoms with Gasteiger partial charge in [-0.05, 0) is 17.6 Å². The van der Waals surface area contributed by atoms with Crippen LogP contribution in [0.15, 0.2) is 35.5 Å². The minimum absolute atomic E-state index is 1.19. The first kappa shape index (κ1) is 5.91. The van der Waals surface area contributed by atoms with E-state index in [9.17, 15) is 0 Å². The molecule has 0 atom stereocenters. The molecule has 0 heterocycles. The van der Waals surface area contributed by atoms with Gasteiger partial charge in [0, 0.05) is 0 Å². The predicted molar refractivity (Wildman–Crippen MR) is 39.8 cm³/mol. The van der Waals surface area contributed by atoms with Gasteiger partial charge in [0.15, 0.2) is 0 Å². The summed E-state index contributed by atoms with van der Waals surface area (Å²) in [4.78, 5) is 0. The Morgan fingerprint density at radius 1 is 1.00 bits per heavy atom. The first-order chi connectivity index (χ1) is 4.45. The van der Waals surface area contributed by atoms with Gasteiger partial charge in [0.05, 0.1) is 0 Å². The lowest BCUT2D eigenvalue weighted by Gasteiger charge is -1.77. The number of fused-ring (bicyclic) bond motifs is 2. The second-order valence-corrected chi connectivity index (χ2v) is 1.99. The zero-order valence-electron chi connectivity index (χ0n) is 5.17. The first-order valence-corrected chi connectivity index (χ1v) is 2.86. The highest BCUT2D eigenvalue weighted by molar-refractivity contribution is 5.49. The Balaban J connectivity index is 0.000000186. The largest absolute Gasteiger partial charge is 0.124 e. The van der Waals surface area contributed by atoms with Crippen LogP contribution in [-0.2, 0) is 0 Å². The maximum absolute atomic E-state index is 4.00. The number of rotatable bonds is 0. The summed E-state index contributed by atoms with van der Waals surface area (Å²) in [6.45, 7) is 0. The maximum atomic E-state index is 4.00. The van der Waals surface area contributed by atoms with Gasteiger partial charge in [-0.2, -0.15) is 0 Å². The molecule has 0 radical (unpaired) electrons. The van der Waals surface area contributed by atoms with Crippen LogP contribution in [-0.4, -0.2) is 0 Å². The number of hydrogen-bond acceptors (Lipinski definition) is 0. The summed E-state index contributed by atoms with van der Waals surface area (Å²) < 4.78 is 0. The highest BCUT2D eigenvalue weighted by Crippen LogP contribution is 2.27. The molecule has 0 unspecified atom stereocenters. The van der Waals surface area contributed by atoms with Crippen molar-refractivity contribution >= 4 is 0 Å². The highest BCUT2D eigenvalue weighted by atomic mass is 14.1. The van der Waals surface area contributed by atoms with Crippen LogP contribution in [0, 0.1) is 12.8 Å². The molecule has 0 spiro atoms. The zero-order valence-corrected chi connectivity index (χ0v) is 5.17. The topological polar surface area (TPSA) is 0 Å². The summed E-state index contributed by atoms with van der Waals surface area (Å²) in [6.07, 6.45) is 17.9. The van der Waals surface area contributed by atoms with Gasteiger partial charge < -0.3 is 0 Å². The molecule has 0 aromatic heterocycles. The SMILES string of the molecule is C#C.C1=CC2=CC=C1C2. The van der Waals surface area contributed by atoms with Crippen molar-refractivity contribution in [2.24, 2.45) is 0 Å². The Kier molecular flexibility index (Phi) is 1.55. The van der Waals surface area contributed by atoms with Crippen LogP contribution < -0.4 is 0 Å². The Bertz CT molecular complexity index is 191. The summed E-state index contributed by atoms with van der Waals surface area (Å²) >= 11 is 0. The van der Waals surface area contributed by atoms with Gasteiger partial charge in [0.25, 0.3) is 0 Å². The Morgan fingerprint density at radius 3 is 1.56 bits per heavy atom. The minimum atomic E-state index is 1.19. The lowest BCUT2D eigenvalue weighted by Crippen LogP contribution is -1.59. The van der Waals surface area contributed by atoms with E-state index in [1.54, 1.807) is 0 Å². The van der Waals surface area contributed by atoms with Crippen LogP contribution in [0.5, 0.6) is 0 Å². The second kappa shape index (κ2) is 2.37. The van der Waals surface area contributed by atoms with E-state index in [1.807, 2.05) is 0 Å². The third-order valence-electron chi connectivity index (χ3n) is 1.43. The molecular formula is C9H8. The molecule has 0 nitrogen and oxygen atoms in total. The fourth-order valence-corrected chi connectivity index (χ4v) is 1.01. The fourth-order valence-electron chi connectivity index (χ4n) is 1.01. The average Bonchev–Trinajstić information content (AvgIpc) is 2.53. The molecule has 2 aliphatic rings. The molecule has 0 heteroatoms. The molecule has 0 saturated carbocycles. The number of allylic oxidation sites excluding steroid dienone is 6. The summed E-state index contributed by atoms with van der Waals surface area (Å²) in [5, 5.41) is 0. The van der Waals surface area contributed by atoms with Crippen molar-refractivity contribution in [2.75, 3.05) is 0 Å². The molecule has 0 N–H and O–H groups in total. The third-order valence-corrected chi connectivity index (χ3v) is 1.43. The first-order valence-electron chi connectivity index (χ1n) is 2.86. The molecule has 0 aliphatic heterocycles. The molecule has 0 saturated heterocycles. The molecule has 9 heavy (non-hydrogen) atoms. The van der Waals surface area contributed by atoms with E-state index in [-0.39, 0.29) is 0 Å². The average molecular weight is 116 g/mol. The van der Waals surface area contributed by atoms with Crippen molar-refractivity contribution in [2.45, 2.75) is 6.42 Å². The molecule has 2 rings (SSSR count). The van der Waals surface area contributed by atoms with Crippen molar-refractivity contribution < 1.29 is 0 Å². The summed E-state index contributed by atoms with van der Waals surface area (Å²) in [5.41, 5.74) is 2.94. The quantitative estimate of drug-likeness (QED) is 0.425. The monoisotopic (exact) mass is 116 g/mol. The molecular weight excluding hydrogens is 108 g/mol.